The van der Waals surface area contributed by atoms with E-state index in [0.717, 1.165) is 49.2 Å². The zero-order chi connectivity index (χ0) is 35.1. The van der Waals surface area contributed by atoms with Crippen LogP contribution in [0.25, 0.3) is 0 Å². The Labute approximate surface area is 280 Å². The van der Waals surface area contributed by atoms with Gasteiger partial charge in [-0.3, -0.25) is 14.6 Å². The van der Waals surface area contributed by atoms with Crippen molar-refractivity contribution in [2.75, 3.05) is 39.8 Å². The molecule has 0 amide bonds. The number of carbonyl (C=O) groups excluding carboxylic acids is 1. The molecule has 0 bridgehead atoms. The Morgan fingerprint density at radius 3 is 2.29 bits per heavy atom. The van der Waals surface area contributed by atoms with E-state index in [0.29, 0.717) is 43.4 Å². The van der Waals surface area contributed by atoms with E-state index in [9.17, 15) is 31.1 Å². The van der Waals surface area contributed by atoms with Crippen molar-refractivity contribution in [1.82, 2.24) is 14.8 Å². The minimum Gasteiger partial charge on any atom is -0.465 e. The van der Waals surface area contributed by atoms with Gasteiger partial charge in [0, 0.05) is 6.20 Å². The van der Waals surface area contributed by atoms with Crippen molar-refractivity contribution < 1.29 is 40.6 Å². The fraction of sp³-hybridized carbons (Fsp3) is 0.667. The zero-order valence-corrected chi connectivity index (χ0v) is 28.4. The van der Waals surface area contributed by atoms with E-state index in [4.69, 9.17) is 4.74 Å². The van der Waals surface area contributed by atoms with Crippen molar-refractivity contribution in [3.8, 4) is 0 Å². The molecule has 1 saturated carbocycles. The SMILES string of the molecule is CCOC(=O)C(c1cccc(C)c1C1CCC(OC(F)(F)F)CC1)N(C)CC[C@H](CCN1CCCCC1)c1cc(C(F)(F)F)ncc1C. The highest BCUT2D eigenvalue weighted by molar-refractivity contribution is 5.78. The number of benzene rings is 1. The molecule has 4 rings (SSSR count). The molecule has 0 spiro atoms. The number of esters is 1. The van der Waals surface area contributed by atoms with Crippen LogP contribution < -0.4 is 0 Å². The molecule has 12 heteroatoms. The van der Waals surface area contributed by atoms with Crippen molar-refractivity contribution in [2.45, 2.75) is 115 Å². The van der Waals surface area contributed by atoms with E-state index in [1.54, 1.807) is 13.8 Å². The predicted octanol–water partition coefficient (Wildman–Crippen LogP) is 8.87. The molecule has 6 nitrogen and oxygen atoms in total. The van der Waals surface area contributed by atoms with Gasteiger partial charge in [-0.1, -0.05) is 24.6 Å². The first-order valence-electron chi connectivity index (χ1n) is 17.1. The smallest absolute Gasteiger partial charge is 0.465 e. The molecule has 2 aliphatic rings. The molecule has 48 heavy (non-hydrogen) atoms. The highest BCUT2D eigenvalue weighted by Gasteiger charge is 2.38. The van der Waals surface area contributed by atoms with E-state index in [1.807, 2.05) is 37.1 Å². The third-order valence-corrected chi connectivity index (χ3v) is 9.93. The number of likely N-dealkylation sites (tertiary alicyclic amines) is 1. The maximum Gasteiger partial charge on any atom is 0.522 e. The number of rotatable bonds is 13. The summed E-state index contributed by atoms with van der Waals surface area (Å²) < 4.78 is 89.7. The molecule has 0 N–H and O–H groups in total. The Bertz CT molecular complexity index is 1340. The lowest BCUT2D eigenvalue weighted by atomic mass is 9.77. The molecule has 2 aromatic rings. The summed E-state index contributed by atoms with van der Waals surface area (Å²) in [5.74, 6) is -0.704. The van der Waals surface area contributed by atoms with Gasteiger partial charge >= 0.3 is 18.5 Å². The van der Waals surface area contributed by atoms with Gasteiger partial charge in [0.25, 0.3) is 0 Å². The molecule has 1 aliphatic carbocycles. The van der Waals surface area contributed by atoms with Crippen molar-refractivity contribution in [1.29, 1.82) is 0 Å². The Morgan fingerprint density at radius 2 is 1.67 bits per heavy atom. The van der Waals surface area contributed by atoms with Crippen LogP contribution in [-0.2, 0) is 20.4 Å². The average Bonchev–Trinajstić information content (AvgIpc) is 3.02. The first kappa shape index (κ1) is 38.1. The van der Waals surface area contributed by atoms with Gasteiger partial charge in [-0.25, -0.2) is 4.79 Å². The first-order chi connectivity index (χ1) is 22.7. The molecule has 1 saturated heterocycles. The van der Waals surface area contributed by atoms with Crippen LogP contribution in [0.1, 0.15) is 116 Å². The van der Waals surface area contributed by atoms with Crippen LogP contribution in [-0.4, -0.2) is 73.1 Å². The number of ether oxygens (including phenoxy) is 2. The molecular weight excluding hydrogens is 636 g/mol. The van der Waals surface area contributed by atoms with Crippen LogP contribution in [0.5, 0.6) is 0 Å². The van der Waals surface area contributed by atoms with Crippen molar-refractivity contribution in [2.24, 2.45) is 0 Å². The summed E-state index contributed by atoms with van der Waals surface area (Å²) in [5, 5.41) is 0. The fourth-order valence-electron chi connectivity index (χ4n) is 7.52. The monoisotopic (exact) mass is 685 g/mol. The van der Waals surface area contributed by atoms with Crippen LogP contribution >= 0.6 is 0 Å². The van der Waals surface area contributed by atoms with E-state index in [-0.39, 0.29) is 31.3 Å². The predicted molar refractivity (Wildman–Crippen MR) is 172 cm³/mol. The minimum absolute atomic E-state index is 0.0582. The standard InChI is InChI=1S/C36H49F6N3O3/c1-5-47-34(46)33(29-11-9-10-24(2)32(29)27-12-14-28(15-13-27)48-36(40,41)42)44(4)20-16-26(17-21-45-18-7-6-8-19-45)30-22-31(35(37,38)39)43-23-25(30)3/h9-11,22-23,26-28,33H,5-8,12-21H2,1-4H3/t26-,27?,28?,33?/m1/s1. The molecule has 1 unspecified atom stereocenters. The van der Waals surface area contributed by atoms with Gasteiger partial charge in [-0.15, -0.1) is 13.2 Å². The molecule has 268 valence electrons. The second-order valence-corrected chi connectivity index (χ2v) is 13.4. The Morgan fingerprint density at radius 1 is 0.979 bits per heavy atom. The molecule has 2 heterocycles. The number of alkyl halides is 6. The highest BCUT2D eigenvalue weighted by atomic mass is 19.4. The van der Waals surface area contributed by atoms with E-state index < -0.39 is 36.3 Å². The average molecular weight is 686 g/mol. The van der Waals surface area contributed by atoms with Crippen molar-refractivity contribution in [3.63, 3.8) is 0 Å². The van der Waals surface area contributed by atoms with Crippen LogP contribution in [0.3, 0.4) is 0 Å². The van der Waals surface area contributed by atoms with Crippen molar-refractivity contribution in [3.05, 3.63) is 64.0 Å². The summed E-state index contributed by atoms with van der Waals surface area (Å²) in [7, 11) is 1.82. The molecule has 2 atom stereocenters. The topological polar surface area (TPSA) is 54.9 Å². The number of hydrogen-bond acceptors (Lipinski definition) is 6. The third-order valence-electron chi connectivity index (χ3n) is 9.93. The second-order valence-electron chi connectivity index (χ2n) is 13.4. The fourth-order valence-corrected chi connectivity index (χ4v) is 7.52. The largest absolute Gasteiger partial charge is 0.522 e. The Kier molecular flexibility index (Phi) is 13.3. The van der Waals surface area contributed by atoms with Gasteiger partial charge in [-0.2, -0.15) is 13.2 Å². The van der Waals surface area contributed by atoms with Crippen molar-refractivity contribution >= 4 is 5.97 Å². The van der Waals surface area contributed by atoms with Gasteiger partial charge in [0.1, 0.15) is 11.7 Å². The van der Waals surface area contributed by atoms with Crippen LogP contribution in [0, 0.1) is 13.8 Å². The summed E-state index contributed by atoms with van der Waals surface area (Å²) in [4.78, 5) is 21.6. The molecule has 1 aromatic heterocycles. The lowest BCUT2D eigenvalue weighted by Crippen LogP contribution is -2.36. The summed E-state index contributed by atoms with van der Waals surface area (Å²) in [5.41, 5.74) is 3.03. The summed E-state index contributed by atoms with van der Waals surface area (Å²) in [6.07, 6.45) is -2.80. The Balaban J connectivity index is 1.60. The number of aromatic nitrogens is 1. The molecule has 1 aliphatic heterocycles. The highest BCUT2D eigenvalue weighted by Crippen LogP contribution is 2.42. The zero-order valence-electron chi connectivity index (χ0n) is 28.4. The van der Waals surface area contributed by atoms with Crippen LogP contribution in [0.4, 0.5) is 26.3 Å². The van der Waals surface area contributed by atoms with Gasteiger partial charge in [0.15, 0.2) is 0 Å². The molecule has 0 radical (unpaired) electrons. The van der Waals surface area contributed by atoms with E-state index in [2.05, 4.69) is 14.6 Å². The molecular formula is C36H49F6N3O3. The lowest BCUT2D eigenvalue weighted by molar-refractivity contribution is -0.345. The number of likely N-dealkylation sites (N-methyl/N-ethyl adjacent to an activating group) is 1. The Hall–Kier alpha value is -2.70. The number of hydrogen-bond donors (Lipinski definition) is 0. The first-order valence-corrected chi connectivity index (χ1v) is 17.1. The molecule has 1 aromatic carbocycles. The lowest BCUT2D eigenvalue weighted by Gasteiger charge is -2.35. The number of nitrogens with zero attached hydrogens (tertiary/aromatic N) is 3. The van der Waals surface area contributed by atoms with Crippen LogP contribution in [0.15, 0.2) is 30.5 Å². The maximum atomic E-state index is 13.7. The van der Waals surface area contributed by atoms with Gasteiger partial charge in [0.2, 0.25) is 0 Å². The van der Waals surface area contributed by atoms with Gasteiger partial charge in [-0.05, 0) is 151 Å². The number of aryl methyl sites for hydroxylation is 2. The summed E-state index contributed by atoms with van der Waals surface area (Å²) in [6.45, 7) is 8.74. The van der Waals surface area contributed by atoms with Gasteiger partial charge in [0.05, 0.1) is 12.7 Å². The van der Waals surface area contributed by atoms with E-state index >= 15 is 0 Å². The number of piperidine rings is 1. The maximum absolute atomic E-state index is 13.7. The molecule has 2 fully saturated rings. The second kappa shape index (κ2) is 16.8. The number of carbonyl (C=O) groups is 1. The number of pyridine rings is 1. The number of halogens is 6. The summed E-state index contributed by atoms with van der Waals surface area (Å²) >= 11 is 0. The normalized spacial score (nSPS) is 20.9. The van der Waals surface area contributed by atoms with Gasteiger partial charge < -0.3 is 9.64 Å². The van der Waals surface area contributed by atoms with Crippen LogP contribution in [0.2, 0.25) is 0 Å². The van der Waals surface area contributed by atoms with E-state index in [1.165, 1.54) is 18.7 Å². The third kappa shape index (κ3) is 10.4. The summed E-state index contributed by atoms with van der Waals surface area (Å²) in [6, 6.07) is 6.08. The quantitative estimate of drug-likeness (QED) is 0.155. The minimum atomic E-state index is -4.68.